The number of nitrogens with zero attached hydrogens (tertiary/aromatic N) is 3. The van der Waals surface area contributed by atoms with Crippen LogP contribution in [0.2, 0.25) is 0 Å². The highest BCUT2D eigenvalue weighted by atomic mass is 16.5. The number of amides is 1. The van der Waals surface area contributed by atoms with E-state index in [0.29, 0.717) is 28.5 Å². The summed E-state index contributed by atoms with van der Waals surface area (Å²) in [5.74, 6) is -0.271. The van der Waals surface area contributed by atoms with E-state index in [1.54, 1.807) is 47.1 Å². The van der Waals surface area contributed by atoms with Gasteiger partial charge >= 0.3 is 5.97 Å². The van der Waals surface area contributed by atoms with Crippen molar-refractivity contribution in [1.29, 1.82) is 0 Å². The average molecular weight is 336 g/mol. The summed E-state index contributed by atoms with van der Waals surface area (Å²) in [4.78, 5) is 28.4. The fourth-order valence-corrected chi connectivity index (χ4v) is 2.73. The maximum absolute atomic E-state index is 12.6. The van der Waals surface area contributed by atoms with Crippen molar-refractivity contribution in [2.75, 3.05) is 12.4 Å². The first-order chi connectivity index (χ1) is 12.2. The lowest BCUT2D eigenvalue weighted by atomic mass is 10.2. The van der Waals surface area contributed by atoms with Crippen molar-refractivity contribution in [2.45, 2.75) is 18.8 Å². The van der Waals surface area contributed by atoms with Gasteiger partial charge in [0.25, 0.3) is 5.91 Å². The number of methoxy groups -OCH3 is 1. The van der Waals surface area contributed by atoms with Crippen molar-refractivity contribution >= 4 is 23.2 Å². The lowest BCUT2D eigenvalue weighted by Gasteiger charge is -2.08. The number of carbonyl (C=O) groups is 2. The van der Waals surface area contributed by atoms with Gasteiger partial charge in [0, 0.05) is 23.4 Å². The topological polar surface area (TPSA) is 85.6 Å². The van der Waals surface area contributed by atoms with E-state index >= 15 is 0 Å². The molecule has 0 atom stereocenters. The van der Waals surface area contributed by atoms with E-state index in [9.17, 15) is 9.59 Å². The normalized spacial score (nSPS) is 13.6. The summed E-state index contributed by atoms with van der Waals surface area (Å²) in [5, 5.41) is 7.08. The van der Waals surface area contributed by atoms with Crippen LogP contribution < -0.4 is 5.32 Å². The smallest absolute Gasteiger partial charge is 0.337 e. The molecule has 3 aromatic rings. The van der Waals surface area contributed by atoms with Gasteiger partial charge in [-0.2, -0.15) is 5.10 Å². The first-order valence-corrected chi connectivity index (χ1v) is 8.00. The molecule has 0 aliphatic heterocycles. The number of hydrogen-bond donors (Lipinski definition) is 1. The van der Waals surface area contributed by atoms with Gasteiger partial charge in [0.15, 0.2) is 5.65 Å². The molecule has 1 aromatic carbocycles. The molecule has 0 bridgehead atoms. The molecule has 0 saturated heterocycles. The summed E-state index contributed by atoms with van der Waals surface area (Å²) < 4.78 is 6.45. The largest absolute Gasteiger partial charge is 0.465 e. The van der Waals surface area contributed by atoms with Crippen LogP contribution in [0.5, 0.6) is 0 Å². The first-order valence-electron chi connectivity index (χ1n) is 8.00. The molecule has 0 radical (unpaired) electrons. The van der Waals surface area contributed by atoms with Crippen LogP contribution in [0, 0.1) is 0 Å². The van der Waals surface area contributed by atoms with Crippen molar-refractivity contribution in [2.24, 2.45) is 0 Å². The van der Waals surface area contributed by atoms with Crippen molar-refractivity contribution in [3.05, 3.63) is 59.5 Å². The van der Waals surface area contributed by atoms with Crippen LogP contribution >= 0.6 is 0 Å². The first kappa shape index (κ1) is 15.3. The van der Waals surface area contributed by atoms with Gasteiger partial charge < -0.3 is 10.1 Å². The van der Waals surface area contributed by atoms with E-state index in [0.717, 1.165) is 18.5 Å². The Labute approximate surface area is 143 Å². The number of benzene rings is 1. The third-order valence-electron chi connectivity index (χ3n) is 4.18. The van der Waals surface area contributed by atoms with Gasteiger partial charge in [0.05, 0.1) is 18.9 Å². The summed E-state index contributed by atoms with van der Waals surface area (Å²) in [6.45, 7) is 0. The van der Waals surface area contributed by atoms with Crippen molar-refractivity contribution in [1.82, 2.24) is 14.6 Å². The molecule has 7 nitrogen and oxygen atoms in total. The number of esters is 1. The summed E-state index contributed by atoms with van der Waals surface area (Å²) in [6.07, 6.45) is 3.89. The van der Waals surface area contributed by atoms with Crippen LogP contribution in [-0.4, -0.2) is 33.6 Å². The zero-order valence-corrected chi connectivity index (χ0v) is 13.6. The van der Waals surface area contributed by atoms with Gasteiger partial charge in [-0.3, -0.25) is 4.79 Å². The van der Waals surface area contributed by atoms with Crippen LogP contribution in [0.3, 0.4) is 0 Å². The average Bonchev–Trinajstić information content (AvgIpc) is 3.37. The minimum Gasteiger partial charge on any atom is -0.465 e. The second kappa shape index (κ2) is 6.01. The van der Waals surface area contributed by atoms with E-state index in [1.807, 2.05) is 0 Å². The fraction of sp³-hybridized carbons (Fsp3) is 0.222. The second-order valence-electron chi connectivity index (χ2n) is 5.96. The van der Waals surface area contributed by atoms with Crippen LogP contribution in [0.25, 0.3) is 5.65 Å². The van der Waals surface area contributed by atoms with Gasteiger partial charge in [-0.1, -0.05) is 0 Å². The number of carbonyl (C=O) groups excluding carboxylic acids is 2. The van der Waals surface area contributed by atoms with Gasteiger partial charge in [-0.25, -0.2) is 14.3 Å². The Morgan fingerprint density at radius 2 is 1.96 bits per heavy atom. The molecule has 126 valence electrons. The highest BCUT2D eigenvalue weighted by molar-refractivity contribution is 6.03. The van der Waals surface area contributed by atoms with Gasteiger partial charge in [0.1, 0.15) is 5.69 Å². The predicted molar refractivity (Wildman–Crippen MR) is 90.7 cm³/mol. The number of ether oxygens (including phenoxy) is 1. The van der Waals surface area contributed by atoms with Crippen LogP contribution in [0.1, 0.15) is 45.3 Å². The quantitative estimate of drug-likeness (QED) is 0.740. The molecule has 1 aliphatic carbocycles. The molecule has 4 rings (SSSR count). The SMILES string of the molecule is COC(=O)c1ccc(NC(=O)c2cc(C3CC3)n3nccc3n2)cc1. The molecule has 1 N–H and O–H groups in total. The number of nitrogens with one attached hydrogen (secondary N) is 1. The number of rotatable bonds is 4. The molecule has 2 aromatic heterocycles. The highest BCUT2D eigenvalue weighted by Gasteiger charge is 2.28. The van der Waals surface area contributed by atoms with E-state index in [2.05, 4.69) is 20.1 Å². The molecular formula is C18H16N4O3. The maximum Gasteiger partial charge on any atom is 0.337 e. The summed E-state index contributed by atoms with van der Waals surface area (Å²) in [6, 6.07) is 10.1. The molecule has 1 fully saturated rings. The summed E-state index contributed by atoms with van der Waals surface area (Å²) >= 11 is 0. The Hall–Kier alpha value is -3.22. The zero-order chi connectivity index (χ0) is 17.4. The monoisotopic (exact) mass is 336 g/mol. The van der Waals surface area contributed by atoms with E-state index in [-0.39, 0.29) is 5.91 Å². The molecule has 25 heavy (non-hydrogen) atoms. The Bertz CT molecular complexity index is 958. The number of aromatic nitrogens is 3. The van der Waals surface area contributed by atoms with Gasteiger partial charge in [-0.05, 0) is 43.2 Å². The van der Waals surface area contributed by atoms with Gasteiger partial charge in [-0.15, -0.1) is 0 Å². The van der Waals surface area contributed by atoms with Crippen molar-refractivity contribution < 1.29 is 14.3 Å². The molecule has 1 saturated carbocycles. The van der Waals surface area contributed by atoms with E-state index < -0.39 is 5.97 Å². The summed E-state index contributed by atoms with van der Waals surface area (Å²) in [7, 11) is 1.33. The van der Waals surface area contributed by atoms with Crippen LogP contribution in [-0.2, 0) is 4.74 Å². The Balaban J connectivity index is 1.58. The van der Waals surface area contributed by atoms with Crippen molar-refractivity contribution in [3.63, 3.8) is 0 Å². The number of hydrogen-bond acceptors (Lipinski definition) is 5. The minimum atomic E-state index is -0.417. The van der Waals surface area contributed by atoms with E-state index in [4.69, 9.17) is 0 Å². The number of anilines is 1. The third-order valence-corrected chi connectivity index (χ3v) is 4.18. The highest BCUT2D eigenvalue weighted by Crippen LogP contribution is 2.40. The Morgan fingerprint density at radius 1 is 1.20 bits per heavy atom. The van der Waals surface area contributed by atoms with Crippen LogP contribution in [0.15, 0.2) is 42.6 Å². The maximum atomic E-state index is 12.6. The Morgan fingerprint density at radius 3 is 2.64 bits per heavy atom. The molecule has 2 heterocycles. The Kier molecular flexibility index (Phi) is 3.68. The third kappa shape index (κ3) is 2.96. The lowest BCUT2D eigenvalue weighted by molar-refractivity contribution is 0.0600. The standard InChI is InChI=1S/C18H16N4O3/c1-25-18(24)12-4-6-13(7-5-12)20-17(23)14-10-15(11-2-3-11)22-16(21-14)8-9-19-22/h4-11H,2-3H2,1H3,(H,20,23). The lowest BCUT2D eigenvalue weighted by Crippen LogP contribution is -2.16. The zero-order valence-electron chi connectivity index (χ0n) is 13.6. The van der Waals surface area contributed by atoms with Crippen molar-refractivity contribution in [3.8, 4) is 0 Å². The minimum absolute atomic E-state index is 0.295. The molecule has 1 amide bonds. The second-order valence-corrected chi connectivity index (χ2v) is 5.96. The van der Waals surface area contributed by atoms with Crippen LogP contribution in [0.4, 0.5) is 5.69 Å². The number of fused-ring (bicyclic) bond motifs is 1. The van der Waals surface area contributed by atoms with E-state index in [1.165, 1.54) is 7.11 Å². The molecule has 0 unspecified atom stereocenters. The molecule has 7 heteroatoms. The predicted octanol–water partition coefficient (Wildman–Crippen LogP) is 2.65. The fourth-order valence-electron chi connectivity index (χ4n) is 2.73. The van der Waals surface area contributed by atoms with Gasteiger partial charge in [0.2, 0.25) is 0 Å². The summed E-state index contributed by atoms with van der Waals surface area (Å²) in [5.41, 5.74) is 3.04. The molecule has 0 spiro atoms. The molecular weight excluding hydrogens is 320 g/mol. The molecule has 1 aliphatic rings.